The van der Waals surface area contributed by atoms with Gasteiger partial charge in [-0.3, -0.25) is 0 Å². The average molecular weight is 795 g/mol. The molecule has 302 valence electrons. The van der Waals surface area contributed by atoms with Gasteiger partial charge in [0.1, 0.15) is 22.3 Å². The number of hydrogen-bond acceptors (Lipinski definition) is 2. The molecule has 2 aromatic heterocycles. The lowest BCUT2D eigenvalue weighted by molar-refractivity contribution is 0.656. The van der Waals surface area contributed by atoms with E-state index in [4.69, 9.17) is 8.83 Å². The minimum absolute atomic E-state index is 0.0229. The van der Waals surface area contributed by atoms with E-state index >= 15 is 0 Å². The van der Waals surface area contributed by atoms with Gasteiger partial charge in [-0.05, 0) is 130 Å². The van der Waals surface area contributed by atoms with Crippen molar-refractivity contribution in [2.24, 2.45) is 5.92 Å². The first kappa shape index (κ1) is 39.8. The topological polar surface area (TPSA) is 26.3 Å². The summed E-state index contributed by atoms with van der Waals surface area (Å²) in [5.74, 6) is 0.542. The van der Waals surface area contributed by atoms with E-state index in [0.717, 1.165) is 67.9 Å². The molecule has 0 N–H and O–H groups in total. The number of rotatable bonds is 8. The zero-order chi connectivity index (χ0) is 42.4. The number of fused-ring (bicyclic) bond motifs is 9. The summed E-state index contributed by atoms with van der Waals surface area (Å²) in [5.41, 5.74) is 20.4. The van der Waals surface area contributed by atoms with Crippen LogP contribution in [0.5, 0.6) is 0 Å². The Morgan fingerprint density at radius 3 is 1.77 bits per heavy atom. The second-order valence-corrected chi connectivity index (χ2v) is 17.4. The van der Waals surface area contributed by atoms with Gasteiger partial charge in [-0.25, -0.2) is 0 Å². The molecule has 1 unspecified atom stereocenters. The minimum Gasteiger partial charge on any atom is -0.456 e. The summed E-state index contributed by atoms with van der Waals surface area (Å²) in [5, 5.41) is 4.42. The lowest BCUT2D eigenvalue weighted by Crippen LogP contribution is -2.14. The molecule has 10 rings (SSSR count). The van der Waals surface area contributed by atoms with Crippen molar-refractivity contribution in [2.45, 2.75) is 66.7 Å². The molecule has 0 bridgehead atoms. The van der Waals surface area contributed by atoms with Gasteiger partial charge in [-0.15, -0.1) is 0 Å². The summed E-state index contributed by atoms with van der Waals surface area (Å²) >= 11 is 0. The van der Waals surface area contributed by atoms with Gasteiger partial charge in [0.05, 0.1) is 0 Å². The zero-order valence-electron chi connectivity index (χ0n) is 36.5. The Morgan fingerprint density at radius 2 is 1.11 bits per heavy atom. The van der Waals surface area contributed by atoms with Crippen LogP contribution < -0.4 is 0 Å². The molecule has 2 nitrogen and oxygen atoms in total. The molecule has 9 aromatic rings. The molecule has 61 heavy (non-hydrogen) atoms. The normalized spacial score (nSPS) is 14.1. The van der Waals surface area contributed by atoms with Crippen LogP contribution in [-0.4, -0.2) is 0 Å². The van der Waals surface area contributed by atoms with Crippen LogP contribution in [0.2, 0.25) is 0 Å². The second-order valence-electron chi connectivity index (χ2n) is 17.4. The molecule has 2 heterocycles. The monoisotopic (exact) mass is 794 g/mol. The third kappa shape index (κ3) is 7.25. The first-order valence-corrected chi connectivity index (χ1v) is 21.8. The van der Waals surface area contributed by atoms with Crippen LogP contribution >= 0.6 is 0 Å². The highest BCUT2D eigenvalue weighted by atomic mass is 16.3. The Morgan fingerprint density at radius 1 is 0.557 bits per heavy atom. The SMILES string of the molecule is C=C(C)c1ccc2oc3cc4oc5ccc(-c6ccc7c(c6)C(C)(C)c6ccccc6-7)cc5c4cc3c2c1.CC/C(C)=C(\C=C(\c1ccccc1)C(C)CC)c1ccccc1. The minimum atomic E-state index is -0.0229. The molecular formula is C59H54O2. The van der Waals surface area contributed by atoms with Crippen molar-refractivity contribution in [2.75, 3.05) is 0 Å². The summed E-state index contributed by atoms with van der Waals surface area (Å²) in [6, 6.07) is 54.3. The third-order valence-electron chi connectivity index (χ3n) is 13.1. The third-order valence-corrected chi connectivity index (χ3v) is 13.1. The van der Waals surface area contributed by atoms with Crippen LogP contribution in [0.25, 0.3) is 82.9 Å². The Labute approximate surface area is 360 Å². The maximum Gasteiger partial charge on any atom is 0.139 e. The fourth-order valence-electron chi connectivity index (χ4n) is 9.15. The van der Waals surface area contributed by atoms with Crippen LogP contribution in [0.3, 0.4) is 0 Å². The van der Waals surface area contributed by atoms with E-state index in [1.54, 1.807) is 0 Å². The molecule has 1 aliphatic rings. The predicted octanol–water partition coefficient (Wildman–Crippen LogP) is 17.5. The van der Waals surface area contributed by atoms with Crippen LogP contribution in [0, 0.1) is 5.92 Å². The highest BCUT2D eigenvalue weighted by Crippen LogP contribution is 2.50. The van der Waals surface area contributed by atoms with E-state index in [1.807, 2.05) is 19.1 Å². The maximum atomic E-state index is 6.28. The molecule has 0 spiro atoms. The highest BCUT2D eigenvalue weighted by molar-refractivity contribution is 6.16. The van der Waals surface area contributed by atoms with E-state index in [2.05, 4.69) is 194 Å². The second kappa shape index (κ2) is 16.1. The Kier molecular flexibility index (Phi) is 10.5. The van der Waals surface area contributed by atoms with Crippen LogP contribution in [0.4, 0.5) is 0 Å². The standard InChI is InChI=1S/C36H26O2.C23H28/c1-20(2)21-10-13-32-26(15-21)28-18-29-27-16-22(11-14-33(27)38-35(29)19-34(28)37-32)23-9-12-25-24-7-5-6-8-30(24)36(3,4)31(25)17-23;1-5-18(3)22(20-13-9-7-10-14-20)17-23(19(4)6-2)21-15-11-8-12-16-21/h5-19H,1H2,2-4H3;7-18H,5-6H2,1-4H3/b;22-17+,23-19+. The molecule has 0 fully saturated rings. The number of hydrogen-bond donors (Lipinski definition) is 0. The molecule has 0 radical (unpaired) electrons. The van der Waals surface area contributed by atoms with E-state index < -0.39 is 0 Å². The van der Waals surface area contributed by atoms with Crippen molar-refractivity contribution < 1.29 is 8.83 Å². The van der Waals surface area contributed by atoms with Crippen molar-refractivity contribution in [3.05, 3.63) is 198 Å². The van der Waals surface area contributed by atoms with Crippen molar-refractivity contribution >= 4 is 60.6 Å². The number of furan rings is 2. The molecule has 0 amide bonds. The predicted molar refractivity (Wildman–Crippen MR) is 262 cm³/mol. The van der Waals surface area contributed by atoms with Crippen LogP contribution in [0.1, 0.15) is 89.1 Å². The molecule has 0 saturated heterocycles. The highest BCUT2D eigenvalue weighted by Gasteiger charge is 2.35. The Balaban J connectivity index is 0.000000179. The fourth-order valence-corrected chi connectivity index (χ4v) is 9.15. The van der Waals surface area contributed by atoms with Gasteiger partial charge in [0, 0.05) is 33.0 Å². The Bertz CT molecular complexity index is 3160. The zero-order valence-corrected chi connectivity index (χ0v) is 36.5. The maximum absolute atomic E-state index is 6.28. The van der Waals surface area contributed by atoms with Gasteiger partial charge in [0.2, 0.25) is 0 Å². The number of benzene rings is 7. The quantitative estimate of drug-likeness (QED) is 0.143. The average Bonchev–Trinajstić information content (AvgIpc) is 3.91. The van der Waals surface area contributed by atoms with E-state index in [0.29, 0.717) is 5.92 Å². The molecule has 1 atom stereocenters. The van der Waals surface area contributed by atoms with Gasteiger partial charge in [-0.1, -0.05) is 168 Å². The lowest BCUT2D eigenvalue weighted by Gasteiger charge is -2.22. The first-order chi connectivity index (χ1) is 29.5. The van der Waals surface area contributed by atoms with Crippen molar-refractivity contribution in [3.63, 3.8) is 0 Å². The largest absolute Gasteiger partial charge is 0.456 e. The smallest absolute Gasteiger partial charge is 0.139 e. The van der Waals surface area contributed by atoms with Crippen molar-refractivity contribution in [1.82, 2.24) is 0 Å². The van der Waals surface area contributed by atoms with Gasteiger partial charge >= 0.3 is 0 Å². The van der Waals surface area contributed by atoms with Gasteiger partial charge < -0.3 is 8.83 Å². The molecule has 0 saturated carbocycles. The van der Waals surface area contributed by atoms with Crippen molar-refractivity contribution in [1.29, 1.82) is 0 Å². The fraction of sp³-hybridized carbons (Fsp3) is 0.186. The summed E-state index contributed by atoms with van der Waals surface area (Å²) < 4.78 is 12.5. The molecule has 1 aliphatic carbocycles. The van der Waals surface area contributed by atoms with E-state index in [9.17, 15) is 0 Å². The molecule has 7 aromatic carbocycles. The lowest BCUT2D eigenvalue weighted by atomic mass is 9.81. The number of allylic oxidation sites excluding steroid dienone is 5. The van der Waals surface area contributed by atoms with E-state index in [1.165, 1.54) is 61.2 Å². The van der Waals surface area contributed by atoms with Crippen LogP contribution in [-0.2, 0) is 5.41 Å². The van der Waals surface area contributed by atoms with Crippen molar-refractivity contribution in [3.8, 4) is 22.3 Å². The first-order valence-electron chi connectivity index (χ1n) is 21.8. The summed E-state index contributed by atoms with van der Waals surface area (Å²) in [6.45, 7) is 19.9. The Hall–Kier alpha value is -6.64. The summed E-state index contributed by atoms with van der Waals surface area (Å²) in [4.78, 5) is 0. The van der Waals surface area contributed by atoms with Gasteiger partial charge in [-0.2, -0.15) is 0 Å². The van der Waals surface area contributed by atoms with E-state index in [-0.39, 0.29) is 5.41 Å². The summed E-state index contributed by atoms with van der Waals surface area (Å²) in [7, 11) is 0. The molecule has 0 aliphatic heterocycles. The van der Waals surface area contributed by atoms with Gasteiger partial charge in [0.15, 0.2) is 0 Å². The van der Waals surface area contributed by atoms with Gasteiger partial charge in [0.25, 0.3) is 0 Å². The summed E-state index contributed by atoms with van der Waals surface area (Å²) in [6.07, 6.45) is 4.63. The van der Waals surface area contributed by atoms with Crippen LogP contribution in [0.15, 0.2) is 179 Å². The molecule has 2 heteroatoms. The molecular weight excluding hydrogens is 741 g/mol.